The van der Waals surface area contributed by atoms with E-state index in [4.69, 9.17) is 16.3 Å². The molecule has 0 atom stereocenters. The van der Waals surface area contributed by atoms with Gasteiger partial charge in [0, 0.05) is 12.0 Å². The molecule has 5 heteroatoms. The third-order valence-electron chi connectivity index (χ3n) is 2.39. The highest BCUT2D eigenvalue weighted by molar-refractivity contribution is 7.78. The molecule has 0 N–H and O–H groups in total. The average Bonchev–Trinajstić information content (AvgIpc) is 2.49. The van der Waals surface area contributed by atoms with Crippen molar-refractivity contribution < 1.29 is 9.13 Å². The summed E-state index contributed by atoms with van der Waals surface area (Å²) in [6.45, 7) is 3.82. The second-order valence-electron chi connectivity index (χ2n) is 4.24. The van der Waals surface area contributed by atoms with E-state index in [1.165, 1.54) is 6.07 Å². The molecule has 0 bridgehead atoms. The van der Waals surface area contributed by atoms with Crippen molar-refractivity contribution in [1.82, 2.24) is 0 Å². The molecule has 0 amide bonds. The minimum atomic E-state index is -0.498. The molecular formula is C11H9ClFNOS. The molecule has 2 nitrogen and oxygen atoms in total. The Morgan fingerprint density at radius 1 is 1.62 bits per heavy atom. The van der Waals surface area contributed by atoms with Gasteiger partial charge in [0.1, 0.15) is 17.0 Å². The van der Waals surface area contributed by atoms with Gasteiger partial charge in [-0.1, -0.05) is 11.6 Å². The summed E-state index contributed by atoms with van der Waals surface area (Å²) in [6, 6.07) is 1.19. The van der Waals surface area contributed by atoms with Crippen molar-refractivity contribution in [3.8, 4) is 5.75 Å². The summed E-state index contributed by atoms with van der Waals surface area (Å²) in [6.07, 6.45) is 0.551. The summed E-state index contributed by atoms with van der Waals surface area (Å²) in [5.41, 5.74) is 0.443. The van der Waals surface area contributed by atoms with Crippen molar-refractivity contribution in [1.29, 1.82) is 0 Å². The minimum absolute atomic E-state index is 0.181. The van der Waals surface area contributed by atoms with Crippen LogP contribution in [0.3, 0.4) is 0 Å². The predicted molar refractivity (Wildman–Crippen MR) is 64.5 cm³/mol. The van der Waals surface area contributed by atoms with E-state index in [1.54, 1.807) is 0 Å². The first-order valence-electron chi connectivity index (χ1n) is 4.72. The normalized spacial score (nSPS) is 16.2. The van der Waals surface area contributed by atoms with Crippen LogP contribution in [0.5, 0.6) is 5.75 Å². The minimum Gasteiger partial charge on any atom is -0.486 e. The lowest BCUT2D eigenvalue weighted by molar-refractivity contribution is 0.138. The number of halogens is 2. The van der Waals surface area contributed by atoms with Gasteiger partial charge in [-0.2, -0.15) is 4.99 Å². The Hall–Kier alpha value is -0.960. The maximum Gasteiger partial charge on any atom is 0.151 e. The molecule has 0 aromatic heterocycles. The fourth-order valence-electron chi connectivity index (χ4n) is 1.82. The first-order chi connectivity index (χ1) is 7.44. The van der Waals surface area contributed by atoms with Crippen molar-refractivity contribution in [3.63, 3.8) is 0 Å². The zero-order valence-electron chi connectivity index (χ0n) is 8.80. The summed E-state index contributed by atoms with van der Waals surface area (Å²) in [5, 5.41) is 2.44. The van der Waals surface area contributed by atoms with E-state index < -0.39 is 11.4 Å². The number of ether oxygens (including phenoxy) is 1. The smallest absolute Gasteiger partial charge is 0.151 e. The Bertz CT molecular complexity index is 509. The highest BCUT2D eigenvalue weighted by Crippen LogP contribution is 2.46. The Kier molecular flexibility index (Phi) is 2.74. The topological polar surface area (TPSA) is 21.6 Å². The quantitative estimate of drug-likeness (QED) is 0.562. The third kappa shape index (κ3) is 1.84. The molecule has 84 valence electrons. The van der Waals surface area contributed by atoms with E-state index in [-0.39, 0.29) is 10.7 Å². The number of aliphatic imine (C=N–C) groups is 1. The Morgan fingerprint density at radius 3 is 2.94 bits per heavy atom. The van der Waals surface area contributed by atoms with Gasteiger partial charge < -0.3 is 4.74 Å². The van der Waals surface area contributed by atoms with Crippen molar-refractivity contribution in [2.24, 2.45) is 4.99 Å². The first-order valence-corrected chi connectivity index (χ1v) is 5.51. The standard InChI is InChI=1S/C11H9ClFNOS/c1-11(2)4-6-9(14-5-16)8(13)3-7(12)10(6)15-11/h3H,4H2,1-2H3. The maximum atomic E-state index is 13.6. The van der Waals surface area contributed by atoms with Crippen molar-refractivity contribution >= 4 is 34.7 Å². The van der Waals surface area contributed by atoms with Crippen LogP contribution in [-0.4, -0.2) is 10.8 Å². The van der Waals surface area contributed by atoms with Crippen LogP contribution in [0, 0.1) is 5.82 Å². The molecular weight excluding hydrogens is 249 g/mol. The number of fused-ring (bicyclic) bond motifs is 1. The van der Waals surface area contributed by atoms with Gasteiger partial charge in [0.15, 0.2) is 5.82 Å². The number of isothiocyanates is 1. The van der Waals surface area contributed by atoms with Gasteiger partial charge in [-0.15, -0.1) is 0 Å². The fraction of sp³-hybridized carbons (Fsp3) is 0.364. The van der Waals surface area contributed by atoms with Gasteiger partial charge >= 0.3 is 0 Å². The first kappa shape index (κ1) is 11.5. The Balaban J connectivity index is 2.68. The number of thiocarbonyl (C=S) groups is 1. The molecule has 0 radical (unpaired) electrons. The molecule has 1 aromatic carbocycles. The number of nitrogens with zero attached hydrogens (tertiary/aromatic N) is 1. The van der Waals surface area contributed by atoms with Crippen molar-refractivity contribution in [2.75, 3.05) is 0 Å². The SMILES string of the molecule is CC1(C)Cc2c(N=C=S)c(F)cc(Cl)c2O1. The lowest BCUT2D eigenvalue weighted by Gasteiger charge is -2.17. The number of hydrogen-bond donors (Lipinski definition) is 0. The largest absolute Gasteiger partial charge is 0.486 e. The van der Waals surface area contributed by atoms with Gasteiger partial charge in [-0.25, -0.2) is 4.39 Å². The maximum absolute atomic E-state index is 13.6. The van der Waals surface area contributed by atoms with Gasteiger partial charge in [-0.3, -0.25) is 0 Å². The van der Waals surface area contributed by atoms with Crippen LogP contribution < -0.4 is 4.74 Å². The van der Waals surface area contributed by atoms with Crippen LogP contribution in [0.25, 0.3) is 0 Å². The third-order valence-corrected chi connectivity index (χ3v) is 2.77. The predicted octanol–water partition coefficient (Wildman–Crippen LogP) is 3.93. The number of rotatable bonds is 1. The molecule has 0 saturated carbocycles. The highest BCUT2D eigenvalue weighted by Gasteiger charge is 2.35. The molecule has 0 spiro atoms. The molecule has 1 aliphatic rings. The van der Waals surface area contributed by atoms with E-state index in [1.807, 2.05) is 13.8 Å². The second kappa shape index (κ2) is 3.81. The molecule has 16 heavy (non-hydrogen) atoms. The molecule has 0 fully saturated rings. The van der Waals surface area contributed by atoms with Crippen LogP contribution >= 0.6 is 23.8 Å². The van der Waals surface area contributed by atoms with Crippen LogP contribution in [0.15, 0.2) is 11.1 Å². The van der Waals surface area contributed by atoms with Gasteiger partial charge in [-0.05, 0) is 32.1 Å². The zero-order chi connectivity index (χ0) is 11.9. The summed E-state index contributed by atoms with van der Waals surface area (Å²) in [4.78, 5) is 3.74. The van der Waals surface area contributed by atoms with Gasteiger partial charge in [0.2, 0.25) is 0 Å². The molecule has 0 aliphatic carbocycles. The summed E-state index contributed by atoms with van der Waals surface area (Å²) < 4.78 is 19.3. The molecule has 1 heterocycles. The van der Waals surface area contributed by atoms with Crippen LogP contribution in [0.1, 0.15) is 19.4 Å². The monoisotopic (exact) mass is 257 g/mol. The van der Waals surface area contributed by atoms with E-state index >= 15 is 0 Å². The van der Waals surface area contributed by atoms with Crippen LogP contribution in [0.4, 0.5) is 10.1 Å². The summed E-state index contributed by atoms with van der Waals surface area (Å²) >= 11 is 10.4. The second-order valence-corrected chi connectivity index (χ2v) is 4.83. The van der Waals surface area contributed by atoms with E-state index in [9.17, 15) is 4.39 Å². The summed E-state index contributed by atoms with van der Waals surface area (Å²) in [7, 11) is 0. The Morgan fingerprint density at radius 2 is 2.31 bits per heavy atom. The number of hydrogen-bond acceptors (Lipinski definition) is 3. The van der Waals surface area contributed by atoms with Crippen LogP contribution in [-0.2, 0) is 6.42 Å². The van der Waals surface area contributed by atoms with Crippen molar-refractivity contribution in [3.05, 3.63) is 22.5 Å². The van der Waals surface area contributed by atoms with Crippen LogP contribution in [0.2, 0.25) is 5.02 Å². The zero-order valence-corrected chi connectivity index (χ0v) is 10.4. The van der Waals surface area contributed by atoms with E-state index in [0.717, 1.165) is 0 Å². The van der Waals surface area contributed by atoms with Gasteiger partial charge in [0.05, 0.1) is 10.2 Å². The highest BCUT2D eigenvalue weighted by atomic mass is 35.5. The lowest BCUT2D eigenvalue weighted by atomic mass is 10.0. The van der Waals surface area contributed by atoms with E-state index in [2.05, 4.69) is 22.4 Å². The number of benzene rings is 1. The molecule has 1 aromatic rings. The molecule has 0 saturated heterocycles. The molecule has 2 rings (SSSR count). The average molecular weight is 258 g/mol. The fourth-order valence-corrected chi connectivity index (χ4v) is 2.16. The Labute approximate surface area is 103 Å². The van der Waals surface area contributed by atoms with E-state index in [0.29, 0.717) is 17.7 Å². The summed E-state index contributed by atoms with van der Waals surface area (Å²) in [5.74, 6) is -0.000494. The van der Waals surface area contributed by atoms with Crippen molar-refractivity contribution in [2.45, 2.75) is 25.9 Å². The molecule has 1 aliphatic heterocycles. The molecule has 0 unspecified atom stereocenters. The lowest BCUT2D eigenvalue weighted by Crippen LogP contribution is -2.24. The van der Waals surface area contributed by atoms with Gasteiger partial charge in [0.25, 0.3) is 0 Å².